The van der Waals surface area contributed by atoms with Crippen molar-refractivity contribution >= 4 is 53.9 Å². The number of sulfonamides is 1. The van der Waals surface area contributed by atoms with Crippen molar-refractivity contribution in [2.75, 3.05) is 13.1 Å². The number of hydrogen-bond acceptors (Lipinski definition) is 8. The molecule has 2 amide bonds. The van der Waals surface area contributed by atoms with Gasteiger partial charge in [-0.25, -0.2) is 13.4 Å². The molecule has 1 aliphatic heterocycles. The van der Waals surface area contributed by atoms with Gasteiger partial charge in [0.2, 0.25) is 5.91 Å². The Morgan fingerprint density at radius 2 is 2.06 bits per heavy atom. The lowest BCUT2D eigenvalue weighted by Crippen LogP contribution is -2.54. The molecule has 2 unspecified atom stereocenters. The van der Waals surface area contributed by atoms with E-state index in [9.17, 15) is 23.1 Å². The number of nitrogens with zero attached hydrogens (tertiary/aromatic N) is 2. The van der Waals surface area contributed by atoms with Gasteiger partial charge in [0.15, 0.2) is 5.03 Å². The second kappa shape index (κ2) is 11.3. The molecule has 3 aromatic heterocycles. The van der Waals surface area contributed by atoms with Crippen LogP contribution in [0.5, 0.6) is 0 Å². The van der Waals surface area contributed by atoms with Gasteiger partial charge in [-0.05, 0) is 54.8 Å². The monoisotopic (exact) mass is 550 g/mol. The number of rotatable bonds is 8. The minimum absolute atomic E-state index is 0.0761. The number of aliphatic hydroxyl groups is 1. The Balaban J connectivity index is 1.42. The zero-order valence-electron chi connectivity index (χ0n) is 20.1. The van der Waals surface area contributed by atoms with Crippen LogP contribution in [0.15, 0.2) is 46.9 Å². The maximum absolute atomic E-state index is 13.2. The molecule has 36 heavy (non-hydrogen) atoms. The maximum atomic E-state index is 13.2. The summed E-state index contributed by atoms with van der Waals surface area (Å²) in [6.07, 6.45) is 1.60. The van der Waals surface area contributed by atoms with Crippen molar-refractivity contribution in [1.29, 1.82) is 0 Å². The summed E-state index contributed by atoms with van der Waals surface area (Å²) in [5.74, 6) is -0.551. The van der Waals surface area contributed by atoms with Crippen LogP contribution >= 0.6 is 22.7 Å². The summed E-state index contributed by atoms with van der Waals surface area (Å²) in [6, 6.07) is 7.03. The number of carbonyl (C=O) groups excluding carboxylic acids is 2. The first-order valence-corrected chi connectivity index (χ1v) is 15.0. The van der Waals surface area contributed by atoms with Gasteiger partial charge < -0.3 is 15.7 Å². The predicted molar refractivity (Wildman–Crippen MR) is 141 cm³/mol. The quantitative estimate of drug-likeness (QED) is 0.396. The number of carbonyl (C=O) groups is 2. The Hall–Kier alpha value is -2.38. The second-order valence-electron chi connectivity index (χ2n) is 9.27. The highest BCUT2D eigenvalue weighted by Crippen LogP contribution is 2.30. The van der Waals surface area contributed by atoms with Gasteiger partial charge in [0.1, 0.15) is 6.04 Å². The lowest BCUT2D eigenvalue weighted by molar-refractivity contribution is -0.125. The first-order valence-electron chi connectivity index (χ1n) is 11.8. The standard InChI is InChI=1S/C24H30N4O5S3/c1-15(2)12-17(27-24(31)21-13-20-19(35-21)8-11-34-20)23(30)26-16-6-5-10-28(14-18(16)29)36(32,33)22-7-3-4-9-25-22/h3-4,7-9,11,13,15-18,29H,5-6,10,12,14H2,1-2H3,(H,26,30)(H,27,31)/t16?,17?,18-/m0/s1. The molecule has 1 saturated heterocycles. The summed E-state index contributed by atoms with van der Waals surface area (Å²) in [7, 11) is -3.86. The molecule has 1 fully saturated rings. The maximum Gasteiger partial charge on any atom is 0.262 e. The van der Waals surface area contributed by atoms with Crippen LogP contribution in [0.4, 0.5) is 0 Å². The van der Waals surface area contributed by atoms with Crippen molar-refractivity contribution in [2.24, 2.45) is 5.92 Å². The summed E-state index contributed by atoms with van der Waals surface area (Å²) in [5.41, 5.74) is 0. The summed E-state index contributed by atoms with van der Waals surface area (Å²) >= 11 is 2.94. The molecule has 4 heterocycles. The van der Waals surface area contributed by atoms with Crippen molar-refractivity contribution in [2.45, 2.75) is 56.3 Å². The van der Waals surface area contributed by atoms with Crippen LogP contribution < -0.4 is 10.6 Å². The van der Waals surface area contributed by atoms with E-state index in [0.29, 0.717) is 24.1 Å². The molecule has 4 rings (SSSR count). The summed E-state index contributed by atoms with van der Waals surface area (Å²) in [5, 5.41) is 18.5. The van der Waals surface area contributed by atoms with Crippen LogP contribution in [0.2, 0.25) is 0 Å². The van der Waals surface area contributed by atoms with E-state index < -0.39 is 28.2 Å². The number of nitrogens with one attached hydrogen (secondary N) is 2. The minimum Gasteiger partial charge on any atom is -0.390 e. The molecule has 0 aliphatic carbocycles. The summed E-state index contributed by atoms with van der Waals surface area (Å²) in [6.45, 7) is 3.99. The molecular formula is C24H30N4O5S3. The number of hydrogen-bond donors (Lipinski definition) is 3. The van der Waals surface area contributed by atoms with E-state index in [1.807, 2.05) is 31.4 Å². The van der Waals surface area contributed by atoms with Crippen LogP contribution in [-0.4, -0.2) is 65.9 Å². The largest absolute Gasteiger partial charge is 0.390 e. The van der Waals surface area contributed by atoms with Crippen molar-refractivity contribution in [1.82, 2.24) is 19.9 Å². The van der Waals surface area contributed by atoms with E-state index in [1.54, 1.807) is 23.5 Å². The molecule has 1 aliphatic rings. The number of pyridine rings is 1. The highest BCUT2D eigenvalue weighted by molar-refractivity contribution is 7.89. The Morgan fingerprint density at radius 1 is 1.25 bits per heavy atom. The topological polar surface area (TPSA) is 129 Å². The van der Waals surface area contributed by atoms with Gasteiger partial charge in [0.05, 0.1) is 17.0 Å². The third-order valence-electron chi connectivity index (χ3n) is 6.04. The van der Waals surface area contributed by atoms with Crippen molar-refractivity contribution in [3.8, 4) is 0 Å². The van der Waals surface area contributed by atoms with Crippen LogP contribution in [0.3, 0.4) is 0 Å². The number of aliphatic hydroxyl groups excluding tert-OH is 1. The SMILES string of the molecule is CC(C)CC(NC(=O)c1cc2sccc2s1)C(=O)NC1CCCN(S(=O)(=O)c2ccccn2)C[C@@H]1O. The molecule has 9 nitrogen and oxygen atoms in total. The molecule has 0 saturated carbocycles. The highest BCUT2D eigenvalue weighted by atomic mass is 32.2. The van der Waals surface area contributed by atoms with Crippen LogP contribution in [0, 0.1) is 5.92 Å². The van der Waals surface area contributed by atoms with E-state index in [-0.39, 0.29) is 35.8 Å². The number of β-amino-alcohol motifs (C(OH)–C–C–N with tert-alkyl or cyclic N) is 1. The molecule has 0 bridgehead atoms. The lowest BCUT2D eigenvalue weighted by atomic mass is 10.0. The Kier molecular flexibility index (Phi) is 8.41. The van der Waals surface area contributed by atoms with Gasteiger partial charge in [-0.1, -0.05) is 19.9 Å². The average molecular weight is 551 g/mol. The van der Waals surface area contributed by atoms with Crippen molar-refractivity contribution in [3.05, 3.63) is 46.8 Å². The van der Waals surface area contributed by atoms with E-state index in [0.717, 1.165) is 9.40 Å². The number of amides is 2. The van der Waals surface area contributed by atoms with Crippen LogP contribution in [0.25, 0.3) is 9.40 Å². The first kappa shape index (κ1) is 26.7. The summed E-state index contributed by atoms with van der Waals surface area (Å²) in [4.78, 5) is 30.6. The lowest BCUT2D eigenvalue weighted by Gasteiger charge is -2.27. The average Bonchev–Trinajstić information content (AvgIpc) is 3.40. The Labute approximate surface area is 218 Å². The zero-order valence-corrected chi connectivity index (χ0v) is 22.5. The fourth-order valence-corrected chi connectivity index (χ4v) is 7.66. The highest BCUT2D eigenvalue weighted by Gasteiger charge is 2.35. The molecule has 194 valence electrons. The molecule has 3 N–H and O–H groups in total. The van der Waals surface area contributed by atoms with Gasteiger partial charge in [-0.3, -0.25) is 9.59 Å². The van der Waals surface area contributed by atoms with Gasteiger partial charge in [0, 0.05) is 28.7 Å². The predicted octanol–water partition coefficient (Wildman–Crippen LogP) is 2.83. The van der Waals surface area contributed by atoms with E-state index in [2.05, 4.69) is 15.6 Å². The molecule has 12 heteroatoms. The summed E-state index contributed by atoms with van der Waals surface area (Å²) < 4.78 is 29.2. The Morgan fingerprint density at radius 3 is 2.75 bits per heavy atom. The smallest absolute Gasteiger partial charge is 0.262 e. The second-order valence-corrected chi connectivity index (χ2v) is 13.2. The molecule has 3 atom stereocenters. The molecule has 0 spiro atoms. The Bertz CT molecular complexity index is 1280. The fourth-order valence-electron chi connectivity index (χ4n) is 4.22. The van der Waals surface area contributed by atoms with Gasteiger partial charge in [0.25, 0.3) is 15.9 Å². The minimum atomic E-state index is -3.86. The number of thiophene rings is 2. The normalized spacial score (nSPS) is 20.2. The molecule has 3 aromatic rings. The molecule has 0 radical (unpaired) electrons. The van der Waals surface area contributed by atoms with Gasteiger partial charge in [-0.2, -0.15) is 4.31 Å². The van der Waals surface area contributed by atoms with E-state index in [1.165, 1.54) is 27.9 Å². The van der Waals surface area contributed by atoms with Gasteiger partial charge >= 0.3 is 0 Å². The van der Waals surface area contributed by atoms with E-state index >= 15 is 0 Å². The first-order chi connectivity index (χ1) is 17.1. The fraction of sp³-hybridized carbons (Fsp3) is 0.458. The third-order valence-corrected chi connectivity index (χ3v) is 9.91. The third kappa shape index (κ3) is 6.12. The number of aromatic nitrogens is 1. The van der Waals surface area contributed by atoms with Crippen LogP contribution in [0.1, 0.15) is 42.8 Å². The molecular weight excluding hydrogens is 520 g/mol. The van der Waals surface area contributed by atoms with Crippen molar-refractivity contribution < 1.29 is 23.1 Å². The molecule has 0 aromatic carbocycles. The number of fused-ring (bicyclic) bond motifs is 1. The zero-order chi connectivity index (χ0) is 25.9. The van der Waals surface area contributed by atoms with E-state index in [4.69, 9.17) is 0 Å². The van der Waals surface area contributed by atoms with Crippen molar-refractivity contribution in [3.63, 3.8) is 0 Å². The van der Waals surface area contributed by atoms with Gasteiger partial charge in [-0.15, -0.1) is 22.7 Å². The van der Waals surface area contributed by atoms with Crippen LogP contribution in [-0.2, 0) is 14.8 Å².